The number of hydrogen-bond acceptors (Lipinski definition) is 11. The molecule has 0 aliphatic rings. The van der Waals surface area contributed by atoms with E-state index in [0.717, 1.165) is 35.6 Å². The van der Waals surface area contributed by atoms with Crippen LogP contribution in [-0.2, 0) is 39.6 Å². The van der Waals surface area contributed by atoms with Crippen molar-refractivity contribution in [2.75, 3.05) is 0 Å². The van der Waals surface area contributed by atoms with Gasteiger partial charge in [0.05, 0.1) is 28.1 Å². The molecule has 0 aliphatic carbocycles. The van der Waals surface area contributed by atoms with E-state index < -0.39 is 49.8 Å². The maximum Gasteiger partial charge on any atom is 0.416 e. The summed E-state index contributed by atoms with van der Waals surface area (Å²) in [6, 6.07) is 11.5. The molecule has 0 radical (unpaired) electrons. The first-order valence-electron chi connectivity index (χ1n) is 11.7. The Morgan fingerprint density at radius 2 is 1.79 bits per heavy atom. The zero-order valence-electron chi connectivity index (χ0n) is 20.8. The molecule has 0 aliphatic heterocycles. The molecule has 5 rings (SSSR count). The van der Waals surface area contributed by atoms with Crippen LogP contribution in [0, 0.1) is 5.95 Å². The number of sulfone groups is 1. The molecule has 42 heavy (non-hydrogen) atoms. The smallest absolute Gasteiger partial charge is 0.416 e. The van der Waals surface area contributed by atoms with Crippen LogP contribution in [0.4, 0.5) is 17.6 Å². The second kappa shape index (κ2) is 11.9. The Kier molecular flexibility index (Phi) is 8.44. The van der Waals surface area contributed by atoms with Gasteiger partial charge in [0.1, 0.15) is 5.01 Å². The third-order valence-corrected chi connectivity index (χ3v) is 9.22. The van der Waals surface area contributed by atoms with Gasteiger partial charge in [-0.05, 0) is 47.5 Å². The number of nitrogens with zero attached hydrogens (tertiary/aromatic N) is 4. The quantitative estimate of drug-likeness (QED) is 0.0987. The molecule has 0 amide bonds. The first kappa shape index (κ1) is 29.8. The lowest BCUT2D eigenvalue weighted by Crippen LogP contribution is -2.32. The van der Waals surface area contributed by atoms with Crippen molar-refractivity contribution in [3.8, 4) is 11.1 Å². The Labute approximate surface area is 241 Å². The number of nitrogens with one attached hydrogen (secondary N) is 2. The van der Waals surface area contributed by atoms with Gasteiger partial charge in [-0.25, -0.2) is 23.8 Å². The van der Waals surface area contributed by atoms with E-state index in [-0.39, 0.29) is 28.9 Å². The Hall–Kier alpha value is -3.68. The van der Waals surface area contributed by atoms with Gasteiger partial charge in [0.2, 0.25) is 17.7 Å². The van der Waals surface area contributed by atoms with Gasteiger partial charge in [-0.2, -0.15) is 22.4 Å². The minimum Gasteiger partial charge on any atom is -0.759 e. The highest BCUT2D eigenvalue weighted by Gasteiger charge is 2.37. The van der Waals surface area contributed by atoms with Crippen LogP contribution >= 0.6 is 11.3 Å². The van der Waals surface area contributed by atoms with Crippen LogP contribution in [0.3, 0.4) is 0 Å². The predicted molar refractivity (Wildman–Crippen MR) is 142 cm³/mol. The van der Waals surface area contributed by atoms with Crippen LogP contribution in [0.2, 0.25) is 0 Å². The Morgan fingerprint density at radius 1 is 1.05 bits per heavy atom. The minimum atomic E-state index is -4.59. The summed E-state index contributed by atoms with van der Waals surface area (Å²) >= 11 is -1.62. The fourth-order valence-electron chi connectivity index (χ4n) is 3.91. The van der Waals surface area contributed by atoms with Crippen molar-refractivity contribution in [2.24, 2.45) is 0 Å². The molecule has 18 heteroatoms. The van der Waals surface area contributed by atoms with Crippen molar-refractivity contribution < 1.29 is 39.2 Å². The number of hydrazine groups is 1. The lowest BCUT2D eigenvalue weighted by molar-refractivity contribution is -0.137. The van der Waals surface area contributed by atoms with Gasteiger partial charge in [0, 0.05) is 23.0 Å². The topological polar surface area (TPSA) is 163 Å². The van der Waals surface area contributed by atoms with Gasteiger partial charge < -0.3 is 8.97 Å². The molecule has 2 unspecified atom stereocenters. The number of rotatable bonds is 10. The molecule has 0 saturated carbocycles. The van der Waals surface area contributed by atoms with Crippen molar-refractivity contribution in [3.63, 3.8) is 0 Å². The monoisotopic (exact) mass is 641 g/mol. The molecule has 3 heterocycles. The van der Waals surface area contributed by atoms with E-state index in [4.69, 9.17) is 4.42 Å². The summed E-state index contributed by atoms with van der Waals surface area (Å²) in [4.78, 5) is 9.99. The molecular weight excluding hydrogens is 624 g/mol. The van der Waals surface area contributed by atoms with Crippen LogP contribution < -0.4 is 10.3 Å². The van der Waals surface area contributed by atoms with Crippen LogP contribution in [0.25, 0.3) is 21.3 Å². The largest absolute Gasteiger partial charge is 0.759 e. The van der Waals surface area contributed by atoms with Crippen LogP contribution in [0.5, 0.6) is 0 Å². The molecule has 0 fully saturated rings. The highest BCUT2D eigenvalue weighted by atomic mass is 32.2. The van der Waals surface area contributed by atoms with E-state index in [1.807, 2.05) is 4.83 Å². The number of benzene rings is 2. The summed E-state index contributed by atoms with van der Waals surface area (Å²) in [6.07, 6.45) is -3.24. The fraction of sp³-hybridized carbons (Fsp3) is 0.167. The molecule has 2 aromatic carbocycles. The molecule has 5 aromatic rings. The van der Waals surface area contributed by atoms with Gasteiger partial charge >= 0.3 is 6.18 Å². The number of pyridine rings is 1. The molecule has 0 bridgehead atoms. The Morgan fingerprint density at radius 3 is 2.45 bits per heavy atom. The molecule has 0 saturated heterocycles. The van der Waals surface area contributed by atoms with Crippen molar-refractivity contribution in [3.05, 3.63) is 94.7 Å². The van der Waals surface area contributed by atoms with E-state index in [2.05, 4.69) is 25.6 Å². The Bertz CT molecular complexity index is 1850. The number of fused-ring (bicyclic) bond motifs is 1. The highest BCUT2D eigenvalue weighted by molar-refractivity contribution is 7.91. The first-order valence-corrected chi connectivity index (χ1v) is 15.3. The summed E-state index contributed by atoms with van der Waals surface area (Å²) in [5.41, 5.74) is 3.17. The highest BCUT2D eigenvalue weighted by Crippen LogP contribution is 2.38. The van der Waals surface area contributed by atoms with Gasteiger partial charge in [-0.3, -0.25) is 4.21 Å². The average molecular weight is 642 g/mol. The molecule has 0 spiro atoms. The predicted octanol–water partition coefficient (Wildman–Crippen LogP) is 3.99. The SMILES string of the molecule is O=S([O-])NNCc1nnc(C(c2nc3ccc(-c4ccc(F)nc4)cc3s2)S(=O)(=O)Cc2ccc(C(F)(F)F)cc2)o1. The molecule has 220 valence electrons. The molecular formula is C24H17F4N6O5S3-. The third kappa shape index (κ3) is 6.85. The van der Waals surface area contributed by atoms with Crippen LogP contribution in [0.1, 0.15) is 33.2 Å². The lowest BCUT2D eigenvalue weighted by Gasteiger charge is -2.13. The number of alkyl halides is 3. The lowest BCUT2D eigenvalue weighted by atomic mass is 10.1. The number of thiazole rings is 1. The standard InChI is InChI=1S/C24H18F4N6O5S3/c25-19-8-4-15(10-29-19)14-3-7-17-18(9-14)40-23(31-17)21(22-33-32-20(39-22)11-30-34-41(35)36)42(37,38)12-13-1-5-16(6-2-13)24(26,27)28/h1-10,21,30,34H,11-12H2,(H,35,36)/p-1. The number of aromatic nitrogens is 4. The van der Waals surface area contributed by atoms with Crippen molar-refractivity contribution in [2.45, 2.75) is 23.7 Å². The van der Waals surface area contributed by atoms with Gasteiger partial charge in [-0.15, -0.1) is 21.5 Å². The third-order valence-electron chi connectivity index (χ3n) is 5.80. The van der Waals surface area contributed by atoms with Crippen molar-refractivity contribution in [1.29, 1.82) is 0 Å². The zero-order valence-corrected chi connectivity index (χ0v) is 23.3. The Balaban J connectivity index is 1.52. The summed E-state index contributed by atoms with van der Waals surface area (Å²) in [5.74, 6) is -1.84. The molecule has 11 nitrogen and oxygen atoms in total. The number of halogens is 4. The van der Waals surface area contributed by atoms with Gasteiger partial charge in [-0.1, -0.05) is 18.2 Å². The van der Waals surface area contributed by atoms with E-state index in [1.165, 1.54) is 18.3 Å². The van der Waals surface area contributed by atoms with Crippen molar-refractivity contribution >= 4 is 42.7 Å². The molecule has 2 atom stereocenters. The normalized spacial score (nSPS) is 13.8. The van der Waals surface area contributed by atoms with Crippen molar-refractivity contribution in [1.82, 2.24) is 30.4 Å². The minimum absolute atomic E-state index is 0.0493. The summed E-state index contributed by atoms with van der Waals surface area (Å²) in [7, 11) is -4.28. The van der Waals surface area contributed by atoms with Gasteiger partial charge in [0.15, 0.2) is 15.1 Å². The maximum absolute atomic E-state index is 13.8. The van der Waals surface area contributed by atoms with Gasteiger partial charge in [0.25, 0.3) is 0 Å². The van der Waals surface area contributed by atoms with Crippen LogP contribution in [0.15, 0.2) is 65.2 Å². The number of hydrogen-bond donors (Lipinski definition) is 2. The van der Waals surface area contributed by atoms with E-state index >= 15 is 0 Å². The van der Waals surface area contributed by atoms with E-state index in [1.54, 1.807) is 18.2 Å². The summed E-state index contributed by atoms with van der Waals surface area (Å²) in [6.45, 7) is -0.276. The van der Waals surface area contributed by atoms with Crippen LogP contribution in [-0.4, -0.2) is 37.3 Å². The molecule has 2 N–H and O–H groups in total. The second-order valence-electron chi connectivity index (χ2n) is 8.71. The van der Waals surface area contributed by atoms with E-state index in [9.17, 15) is 34.7 Å². The first-order chi connectivity index (χ1) is 19.9. The van der Waals surface area contributed by atoms with E-state index in [0.29, 0.717) is 21.3 Å². The summed E-state index contributed by atoms with van der Waals surface area (Å²) < 4.78 is 107. The maximum atomic E-state index is 13.8. The average Bonchev–Trinajstić information content (AvgIpc) is 3.55. The molecule has 3 aromatic heterocycles. The second-order valence-corrected chi connectivity index (χ2v) is 12.5. The summed E-state index contributed by atoms with van der Waals surface area (Å²) in [5, 5.41) is 6.06. The fourth-order valence-corrected chi connectivity index (χ4v) is 7.26. The zero-order chi connectivity index (χ0) is 30.1.